The average molecular weight is 297 g/mol. The van der Waals surface area contributed by atoms with E-state index in [0.717, 1.165) is 5.56 Å². The van der Waals surface area contributed by atoms with E-state index in [4.69, 9.17) is 19.9 Å². The molecule has 0 aliphatic carbocycles. The van der Waals surface area contributed by atoms with E-state index in [1.165, 1.54) is 0 Å². The van der Waals surface area contributed by atoms with Crippen LogP contribution in [-0.2, 0) is 16.0 Å². The molecule has 3 N–H and O–H groups in total. The molecular formula is C16H27NO4. The van der Waals surface area contributed by atoms with Crippen molar-refractivity contribution in [3.8, 4) is 5.75 Å². The Morgan fingerprint density at radius 2 is 1.76 bits per heavy atom. The standard InChI is InChI=1S/C16H27NO4/c1-16(2,3)21-9-8-19-11-14(18)12-20-15-6-4-13(10-17)5-7-15/h4-7,14,18H,8-12,17H2,1-3H3. The molecule has 1 rings (SSSR count). The van der Waals surface area contributed by atoms with Gasteiger partial charge in [0.15, 0.2) is 0 Å². The maximum absolute atomic E-state index is 9.76. The van der Waals surface area contributed by atoms with Gasteiger partial charge in [0, 0.05) is 6.54 Å². The third-order valence-corrected chi connectivity index (χ3v) is 2.67. The maximum Gasteiger partial charge on any atom is 0.119 e. The van der Waals surface area contributed by atoms with Gasteiger partial charge in [-0.3, -0.25) is 0 Å². The van der Waals surface area contributed by atoms with Crippen molar-refractivity contribution in [1.29, 1.82) is 0 Å². The number of ether oxygens (including phenoxy) is 3. The summed E-state index contributed by atoms with van der Waals surface area (Å²) in [4.78, 5) is 0. The zero-order valence-electron chi connectivity index (χ0n) is 13.2. The van der Waals surface area contributed by atoms with Gasteiger partial charge in [0.2, 0.25) is 0 Å². The Labute approximate surface area is 127 Å². The Hall–Kier alpha value is -1.14. The van der Waals surface area contributed by atoms with Crippen LogP contribution in [0.3, 0.4) is 0 Å². The minimum Gasteiger partial charge on any atom is -0.491 e. The second-order valence-corrected chi connectivity index (χ2v) is 5.85. The van der Waals surface area contributed by atoms with Crippen LogP contribution < -0.4 is 10.5 Å². The third-order valence-electron chi connectivity index (χ3n) is 2.67. The number of aliphatic hydroxyl groups excluding tert-OH is 1. The van der Waals surface area contributed by atoms with Crippen LogP contribution in [0.2, 0.25) is 0 Å². The van der Waals surface area contributed by atoms with Crippen molar-refractivity contribution < 1.29 is 19.3 Å². The fourth-order valence-electron chi connectivity index (χ4n) is 1.59. The molecule has 0 heterocycles. The first-order valence-electron chi connectivity index (χ1n) is 7.22. The van der Waals surface area contributed by atoms with Gasteiger partial charge in [-0.2, -0.15) is 0 Å². The van der Waals surface area contributed by atoms with Gasteiger partial charge in [-0.15, -0.1) is 0 Å². The Bertz CT molecular complexity index is 386. The molecule has 0 fully saturated rings. The van der Waals surface area contributed by atoms with Crippen LogP contribution >= 0.6 is 0 Å². The molecular weight excluding hydrogens is 270 g/mol. The molecule has 5 nitrogen and oxygen atoms in total. The smallest absolute Gasteiger partial charge is 0.119 e. The van der Waals surface area contributed by atoms with Crippen molar-refractivity contribution in [2.45, 2.75) is 39.0 Å². The molecule has 5 heteroatoms. The predicted molar refractivity (Wildman–Crippen MR) is 82.4 cm³/mol. The van der Waals surface area contributed by atoms with Gasteiger partial charge < -0.3 is 25.1 Å². The predicted octanol–water partition coefficient (Wildman–Crippen LogP) is 1.72. The van der Waals surface area contributed by atoms with Crippen LogP contribution in [0, 0.1) is 0 Å². The Morgan fingerprint density at radius 1 is 1.10 bits per heavy atom. The van der Waals surface area contributed by atoms with Gasteiger partial charge in [0.1, 0.15) is 18.5 Å². The lowest BCUT2D eigenvalue weighted by Crippen LogP contribution is -2.26. The van der Waals surface area contributed by atoms with Gasteiger partial charge in [0.05, 0.1) is 25.4 Å². The zero-order chi connectivity index (χ0) is 15.7. The van der Waals surface area contributed by atoms with Crippen molar-refractivity contribution in [2.75, 3.05) is 26.4 Å². The number of aliphatic hydroxyl groups is 1. The molecule has 21 heavy (non-hydrogen) atoms. The molecule has 120 valence electrons. The number of hydrogen-bond acceptors (Lipinski definition) is 5. The highest BCUT2D eigenvalue weighted by Crippen LogP contribution is 2.12. The van der Waals surface area contributed by atoms with E-state index in [-0.39, 0.29) is 18.8 Å². The monoisotopic (exact) mass is 297 g/mol. The van der Waals surface area contributed by atoms with Crippen LogP contribution in [0.25, 0.3) is 0 Å². The van der Waals surface area contributed by atoms with Crippen molar-refractivity contribution in [2.24, 2.45) is 5.73 Å². The molecule has 0 aliphatic rings. The lowest BCUT2D eigenvalue weighted by atomic mass is 10.2. The first-order chi connectivity index (χ1) is 9.90. The highest BCUT2D eigenvalue weighted by molar-refractivity contribution is 5.27. The van der Waals surface area contributed by atoms with Crippen LogP contribution in [0.5, 0.6) is 5.75 Å². The highest BCUT2D eigenvalue weighted by Gasteiger charge is 2.10. The lowest BCUT2D eigenvalue weighted by Gasteiger charge is -2.19. The summed E-state index contributed by atoms with van der Waals surface area (Å²) in [6.07, 6.45) is -0.658. The van der Waals surface area contributed by atoms with Gasteiger partial charge in [-0.05, 0) is 38.5 Å². The van der Waals surface area contributed by atoms with E-state index in [2.05, 4.69) is 0 Å². The quantitative estimate of drug-likeness (QED) is 0.679. The lowest BCUT2D eigenvalue weighted by molar-refractivity contribution is -0.0517. The van der Waals surface area contributed by atoms with E-state index in [1.54, 1.807) is 0 Å². The first-order valence-corrected chi connectivity index (χ1v) is 7.22. The van der Waals surface area contributed by atoms with Gasteiger partial charge in [-0.1, -0.05) is 12.1 Å². The molecule has 0 saturated carbocycles. The summed E-state index contributed by atoms with van der Waals surface area (Å²) in [5.41, 5.74) is 6.40. The summed E-state index contributed by atoms with van der Waals surface area (Å²) in [7, 11) is 0. The van der Waals surface area contributed by atoms with E-state index < -0.39 is 6.10 Å². The summed E-state index contributed by atoms with van der Waals surface area (Å²) < 4.78 is 16.3. The molecule has 0 aliphatic heterocycles. The second-order valence-electron chi connectivity index (χ2n) is 5.85. The van der Waals surface area contributed by atoms with Crippen LogP contribution in [-0.4, -0.2) is 43.2 Å². The summed E-state index contributed by atoms with van der Waals surface area (Å²) >= 11 is 0. The number of benzene rings is 1. The van der Waals surface area contributed by atoms with E-state index >= 15 is 0 Å². The van der Waals surface area contributed by atoms with Gasteiger partial charge in [0.25, 0.3) is 0 Å². The summed E-state index contributed by atoms with van der Waals surface area (Å²) in [6.45, 7) is 7.88. The summed E-state index contributed by atoms with van der Waals surface area (Å²) in [6, 6.07) is 7.49. The zero-order valence-corrected chi connectivity index (χ0v) is 13.2. The van der Waals surface area contributed by atoms with Crippen LogP contribution in [0.4, 0.5) is 0 Å². The fraction of sp³-hybridized carbons (Fsp3) is 0.625. The van der Waals surface area contributed by atoms with Crippen molar-refractivity contribution in [3.63, 3.8) is 0 Å². The Kier molecular flexibility index (Phi) is 7.67. The summed E-state index contributed by atoms with van der Waals surface area (Å²) in [5.74, 6) is 0.710. The minimum absolute atomic E-state index is 0.166. The van der Waals surface area contributed by atoms with Gasteiger partial charge in [-0.25, -0.2) is 0 Å². The third kappa shape index (κ3) is 8.67. The number of nitrogens with two attached hydrogens (primary N) is 1. The van der Waals surface area contributed by atoms with Crippen molar-refractivity contribution >= 4 is 0 Å². The molecule has 1 aromatic rings. The molecule has 0 bridgehead atoms. The molecule has 0 saturated heterocycles. The van der Waals surface area contributed by atoms with E-state index in [0.29, 0.717) is 25.5 Å². The van der Waals surface area contributed by atoms with Crippen molar-refractivity contribution in [3.05, 3.63) is 29.8 Å². The SMILES string of the molecule is CC(C)(C)OCCOCC(O)COc1ccc(CN)cc1. The second kappa shape index (κ2) is 9.00. The molecule has 1 unspecified atom stereocenters. The van der Waals surface area contributed by atoms with Crippen molar-refractivity contribution in [1.82, 2.24) is 0 Å². The van der Waals surface area contributed by atoms with E-state index in [9.17, 15) is 5.11 Å². The molecule has 0 spiro atoms. The molecule has 0 aromatic heterocycles. The normalized spacial score (nSPS) is 13.2. The fourth-order valence-corrected chi connectivity index (χ4v) is 1.59. The molecule has 0 radical (unpaired) electrons. The minimum atomic E-state index is -0.658. The van der Waals surface area contributed by atoms with Gasteiger partial charge >= 0.3 is 0 Å². The Morgan fingerprint density at radius 3 is 2.33 bits per heavy atom. The largest absolute Gasteiger partial charge is 0.491 e. The molecule has 1 atom stereocenters. The topological polar surface area (TPSA) is 73.9 Å². The maximum atomic E-state index is 9.76. The van der Waals surface area contributed by atoms with Crippen LogP contribution in [0.1, 0.15) is 26.3 Å². The molecule has 0 amide bonds. The first kappa shape index (κ1) is 17.9. The molecule has 1 aromatic carbocycles. The Balaban J connectivity index is 2.11. The number of rotatable bonds is 9. The van der Waals surface area contributed by atoms with Crippen LogP contribution in [0.15, 0.2) is 24.3 Å². The average Bonchev–Trinajstić information content (AvgIpc) is 2.44. The summed E-state index contributed by atoms with van der Waals surface area (Å²) in [5, 5.41) is 9.76. The number of hydrogen-bond donors (Lipinski definition) is 2. The van der Waals surface area contributed by atoms with E-state index in [1.807, 2.05) is 45.0 Å². The highest BCUT2D eigenvalue weighted by atomic mass is 16.5.